The van der Waals surface area contributed by atoms with Crippen molar-refractivity contribution in [3.63, 3.8) is 0 Å². The van der Waals surface area contributed by atoms with E-state index in [0.29, 0.717) is 6.54 Å². The van der Waals surface area contributed by atoms with Gasteiger partial charge in [-0.3, -0.25) is 0 Å². The van der Waals surface area contributed by atoms with Crippen molar-refractivity contribution < 1.29 is 0 Å². The summed E-state index contributed by atoms with van der Waals surface area (Å²) in [7, 11) is 0. The predicted octanol–water partition coefficient (Wildman–Crippen LogP) is 4.62. The van der Waals surface area contributed by atoms with Gasteiger partial charge in [0.1, 0.15) is 0 Å². The largest absolute Gasteiger partial charge is 0.329 e. The van der Waals surface area contributed by atoms with Crippen molar-refractivity contribution >= 4 is 23.4 Å². The van der Waals surface area contributed by atoms with Gasteiger partial charge in [0, 0.05) is 21.7 Å². The Kier molecular flexibility index (Phi) is 4.35. The Morgan fingerprint density at radius 1 is 1.10 bits per heavy atom. The number of halogens is 1. The lowest BCUT2D eigenvalue weighted by Crippen LogP contribution is -2.09. The molecule has 0 aromatic heterocycles. The van der Waals surface area contributed by atoms with Gasteiger partial charge in [-0.15, -0.1) is 11.8 Å². The van der Waals surface area contributed by atoms with E-state index >= 15 is 0 Å². The SMILES string of the molecule is NCC(Sc1ccc2c(c1)CCC2)c1ccccc1Cl. The van der Waals surface area contributed by atoms with Crippen LogP contribution in [-0.2, 0) is 12.8 Å². The summed E-state index contributed by atoms with van der Waals surface area (Å²) >= 11 is 8.10. The van der Waals surface area contributed by atoms with Gasteiger partial charge in [0.25, 0.3) is 0 Å². The van der Waals surface area contributed by atoms with E-state index in [2.05, 4.69) is 24.3 Å². The minimum Gasteiger partial charge on any atom is -0.329 e. The molecular formula is C17H18ClNS. The average Bonchev–Trinajstić information content (AvgIpc) is 2.93. The normalized spacial score (nSPS) is 15.1. The average molecular weight is 304 g/mol. The van der Waals surface area contributed by atoms with Crippen LogP contribution >= 0.6 is 23.4 Å². The van der Waals surface area contributed by atoms with Gasteiger partial charge in [0.15, 0.2) is 0 Å². The number of nitrogens with two attached hydrogens (primary N) is 1. The molecule has 3 heteroatoms. The van der Waals surface area contributed by atoms with Gasteiger partial charge < -0.3 is 5.73 Å². The second kappa shape index (κ2) is 6.21. The maximum Gasteiger partial charge on any atom is 0.0481 e. The van der Waals surface area contributed by atoms with Crippen LogP contribution in [0.15, 0.2) is 47.4 Å². The van der Waals surface area contributed by atoms with Crippen LogP contribution in [0.2, 0.25) is 5.02 Å². The molecule has 1 unspecified atom stereocenters. The van der Waals surface area contributed by atoms with Crippen LogP contribution in [0.3, 0.4) is 0 Å². The van der Waals surface area contributed by atoms with E-state index in [1.54, 1.807) is 0 Å². The van der Waals surface area contributed by atoms with Gasteiger partial charge in [-0.1, -0.05) is 35.9 Å². The summed E-state index contributed by atoms with van der Waals surface area (Å²) in [5.41, 5.74) is 10.1. The van der Waals surface area contributed by atoms with Crippen molar-refractivity contribution in [1.82, 2.24) is 0 Å². The smallest absolute Gasteiger partial charge is 0.0481 e. The first kappa shape index (κ1) is 14.0. The highest BCUT2D eigenvalue weighted by molar-refractivity contribution is 7.99. The maximum atomic E-state index is 6.29. The molecule has 0 saturated heterocycles. The molecule has 0 bridgehead atoms. The molecule has 0 radical (unpaired) electrons. The molecule has 104 valence electrons. The Morgan fingerprint density at radius 2 is 1.90 bits per heavy atom. The van der Waals surface area contributed by atoms with E-state index in [0.717, 1.165) is 10.6 Å². The van der Waals surface area contributed by atoms with E-state index in [-0.39, 0.29) is 5.25 Å². The molecule has 0 spiro atoms. The molecule has 2 N–H and O–H groups in total. The zero-order valence-electron chi connectivity index (χ0n) is 11.3. The van der Waals surface area contributed by atoms with Gasteiger partial charge in [-0.25, -0.2) is 0 Å². The minimum absolute atomic E-state index is 0.211. The number of rotatable bonds is 4. The number of benzene rings is 2. The number of fused-ring (bicyclic) bond motifs is 1. The molecule has 2 aromatic rings. The third kappa shape index (κ3) is 2.88. The van der Waals surface area contributed by atoms with Gasteiger partial charge in [-0.05, 0) is 54.2 Å². The molecular weight excluding hydrogens is 286 g/mol. The summed E-state index contributed by atoms with van der Waals surface area (Å²) in [4.78, 5) is 1.29. The molecule has 3 rings (SSSR count). The first-order valence-electron chi connectivity index (χ1n) is 7.01. The zero-order chi connectivity index (χ0) is 13.9. The van der Waals surface area contributed by atoms with E-state index in [4.69, 9.17) is 17.3 Å². The lowest BCUT2D eigenvalue weighted by molar-refractivity contribution is 0.911. The highest BCUT2D eigenvalue weighted by Gasteiger charge is 2.16. The molecule has 0 fully saturated rings. The lowest BCUT2D eigenvalue weighted by atomic mass is 10.1. The third-order valence-corrected chi connectivity index (χ3v) is 5.42. The van der Waals surface area contributed by atoms with E-state index < -0.39 is 0 Å². The van der Waals surface area contributed by atoms with Crippen LogP contribution < -0.4 is 5.73 Å². The molecule has 1 atom stereocenters. The van der Waals surface area contributed by atoms with E-state index in [9.17, 15) is 0 Å². The predicted molar refractivity (Wildman–Crippen MR) is 87.6 cm³/mol. The first-order chi connectivity index (χ1) is 9.78. The molecule has 1 aliphatic rings. The summed E-state index contributed by atoms with van der Waals surface area (Å²) < 4.78 is 0. The zero-order valence-corrected chi connectivity index (χ0v) is 12.9. The Labute approximate surface area is 129 Å². The molecule has 0 aliphatic heterocycles. The Morgan fingerprint density at radius 3 is 2.70 bits per heavy atom. The fraction of sp³-hybridized carbons (Fsp3) is 0.294. The van der Waals surface area contributed by atoms with Crippen molar-refractivity contribution in [1.29, 1.82) is 0 Å². The number of hydrogen-bond acceptors (Lipinski definition) is 2. The van der Waals surface area contributed by atoms with Gasteiger partial charge >= 0.3 is 0 Å². The summed E-state index contributed by atoms with van der Waals surface area (Å²) in [6.45, 7) is 0.589. The summed E-state index contributed by atoms with van der Waals surface area (Å²) in [6.07, 6.45) is 3.72. The fourth-order valence-electron chi connectivity index (χ4n) is 2.76. The van der Waals surface area contributed by atoms with Gasteiger partial charge in [-0.2, -0.15) is 0 Å². The highest BCUT2D eigenvalue weighted by Crippen LogP contribution is 2.38. The summed E-state index contributed by atoms with van der Waals surface area (Å²) in [6, 6.07) is 14.8. The number of aryl methyl sites for hydroxylation is 2. The number of thioether (sulfide) groups is 1. The molecule has 1 nitrogen and oxygen atoms in total. The van der Waals surface area contributed by atoms with Gasteiger partial charge in [0.2, 0.25) is 0 Å². The van der Waals surface area contributed by atoms with Crippen LogP contribution in [0.4, 0.5) is 0 Å². The highest BCUT2D eigenvalue weighted by atomic mass is 35.5. The number of hydrogen-bond donors (Lipinski definition) is 1. The molecule has 0 saturated carbocycles. The quantitative estimate of drug-likeness (QED) is 0.834. The van der Waals surface area contributed by atoms with Crippen LogP contribution in [0.5, 0.6) is 0 Å². The van der Waals surface area contributed by atoms with Crippen molar-refractivity contribution in [2.75, 3.05) is 6.54 Å². The van der Waals surface area contributed by atoms with Gasteiger partial charge in [0.05, 0.1) is 0 Å². The minimum atomic E-state index is 0.211. The fourth-order valence-corrected chi connectivity index (χ4v) is 4.21. The van der Waals surface area contributed by atoms with Crippen molar-refractivity contribution in [3.8, 4) is 0 Å². The van der Waals surface area contributed by atoms with Crippen molar-refractivity contribution in [2.24, 2.45) is 5.73 Å². The van der Waals surface area contributed by atoms with Crippen molar-refractivity contribution in [2.45, 2.75) is 29.4 Å². The summed E-state index contributed by atoms with van der Waals surface area (Å²) in [5, 5.41) is 1.01. The third-order valence-electron chi connectivity index (χ3n) is 3.81. The van der Waals surface area contributed by atoms with E-state index in [1.165, 1.54) is 35.3 Å². The topological polar surface area (TPSA) is 26.0 Å². The Bertz CT molecular complexity index is 612. The van der Waals surface area contributed by atoms with Crippen LogP contribution in [0, 0.1) is 0 Å². The van der Waals surface area contributed by atoms with Crippen LogP contribution in [0.1, 0.15) is 28.4 Å². The molecule has 2 aromatic carbocycles. The monoisotopic (exact) mass is 303 g/mol. The standard InChI is InChI=1S/C17H18ClNS/c18-16-7-2-1-6-15(16)17(11-19)20-14-9-8-12-4-3-5-13(12)10-14/h1-2,6-10,17H,3-5,11,19H2. The molecule has 0 amide bonds. The van der Waals surface area contributed by atoms with Crippen molar-refractivity contribution in [3.05, 3.63) is 64.2 Å². The molecule has 20 heavy (non-hydrogen) atoms. The Balaban J connectivity index is 1.83. The Hall–Kier alpha value is -0.960. The summed E-state index contributed by atoms with van der Waals surface area (Å²) in [5.74, 6) is 0. The second-order valence-electron chi connectivity index (χ2n) is 5.15. The lowest BCUT2D eigenvalue weighted by Gasteiger charge is -2.17. The maximum absolute atomic E-state index is 6.29. The first-order valence-corrected chi connectivity index (χ1v) is 8.26. The van der Waals surface area contributed by atoms with Crippen LogP contribution in [0.25, 0.3) is 0 Å². The second-order valence-corrected chi connectivity index (χ2v) is 6.83. The van der Waals surface area contributed by atoms with E-state index in [1.807, 2.05) is 30.0 Å². The molecule has 1 aliphatic carbocycles. The molecule has 0 heterocycles. The van der Waals surface area contributed by atoms with Crippen LogP contribution in [-0.4, -0.2) is 6.54 Å².